The van der Waals surface area contributed by atoms with Crippen LogP contribution in [0.15, 0.2) is 27.5 Å². The zero-order valence-corrected chi connectivity index (χ0v) is 14.1. The molecule has 0 aliphatic rings. The SMILES string of the molecule is Cc1ccc(C)c(S(=O)(=O)NC(=O)c2c(C)oc(C)c2C)c1. The van der Waals surface area contributed by atoms with E-state index in [9.17, 15) is 13.2 Å². The van der Waals surface area contributed by atoms with Crippen LogP contribution in [0.1, 0.15) is 38.6 Å². The summed E-state index contributed by atoms with van der Waals surface area (Å²) in [6.07, 6.45) is 0. The van der Waals surface area contributed by atoms with Crippen molar-refractivity contribution >= 4 is 15.9 Å². The van der Waals surface area contributed by atoms with Crippen molar-refractivity contribution < 1.29 is 17.6 Å². The van der Waals surface area contributed by atoms with Crippen LogP contribution < -0.4 is 4.72 Å². The lowest BCUT2D eigenvalue weighted by molar-refractivity contribution is 0.0979. The van der Waals surface area contributed by atoms with E-state index >= 15 is 0 Å². The summed E-state index contributed by atoms with van der Waals surface area (Å²) < 4.78 is 32.4. The van der Waals surface area contributed by atoms with Gasteiger partial charge >= 0.3 is 0 Å². The van der Waals surface area contributed by atoms with E-state index in [1.54, 1.807) is 46.8 Å². The number of furan rings is 1. The van der Waals surface area contributed by atoms with Crippen molar-refractivity contribution in [3.05, 3.63) is 52.0 Å². The fourth-order valence-corrected chi connectivity index (χ4v) is 3.64. The summed E-state index contributed by atoms with van der Waals surface area (Å²) in [5.41, 5.74) is 2.31. The van der Waals surface area contributed by atoms with E-state index in [0.29, 0.717) is 22.6 Å². The fraction of sp³-hybridized carbons (Fsp3) is 0.312. The van der Waals surface area contributed by atoms with Gasteiger partial charge in [0.15, 0.2) is 0 Å². The van der Waals surface area contributed by atoms with Crippen LogP contribution in [0, 0.1) is 34.6 Å². The van der Waals surface area contributed by atoms with Gasteiger partial charge in [0, 0.05) is 5.56 Å². The third kappa shape index (κ3) is 2.92. The molecule has 1 N–H and O–H groups in total. The summed E-state index contributed by atoms with van der Waals surface area (Å²) in [6.45, 7) is 8.59. The predicted octanol–water partition coefficient (Wildman–Crippen LogP) is 2.94. The molecular weight excluding hydrogens is 302 g/mol. The van der Waals surface area contributed by atoms with Gasteiger partial charge in [-0.05, 0) is 51.8 Å². The first kappa shape index (κ1) is 16.3. The number of nitrogens with one attached hydrogen (secondary N) is 1. The quantitative estimate of drug-likeness (QED) is 0.943. The molecule has 0 bridgehead atoms. The van der Waals surface area contributed by atoms with Crippen molar-refractivity contribution in [3.8, 4) is 0 Å². The highest BCUT2D eigenvalue weighted by molar-refractivity contribution is 7.90. The van der Waals surface area contributed by atoms with Gasteiger partial charge in [0.25, 0.3) is 15.9 Å². The number of carbonyl (C=O) groups excluding carboxylic acids is 1. The monoisotopic (exact) mass is 321 g/mol. The Bertz CT molecular complexity index is 847. The maximum Gasteiger partial charge on any atom is 0.268 e. The highest BCUT2D eigenvalue weighted by Gasteiger charge is 2.25. The van der Waals surface area contributed by atoms with Crippen molar-refractivity contribution in [1.82, 2.24) is 4.72 Å². The van der Waals surface area contributed by atoms with Gasteiger partial charge in [-0.2, -0.15) is 0 Å². The van der Waals surface area contributed by atoms with Crippen LogP contribution in [-0.4, -0.2) is 14.3 Å². The normalized spacial score (nSPS) is 11.5. The van der Waals surface area contributed by atoms with E-state index in [0.717, 1.165) is 5.56 Å². The second-order valence-corrected chi connectivity index (χ2v) is 7.07. The van der Waals surface area contributed by atoms with Gasteiger partial charge < -0.3 is 4.42 Å². The topological polar surface area (TPSA) is 76.4 Å². The van der Waals surface area contributed by atoms with Gasteiger partial charge in [0.05, 0.1) is 10.5 Å². The number of hydrogen-bond donors (Lipinski definition) is 1. The molecule has 2 aromatic rings. The summed E-state index contributed by atoms with van der Waals surface area (Å²) in [7, 11) is -3.93. The standard InChI is InChI=1S/C16H19NO4S/c1-9-6-7-10(2)14(8-9)22(19,20)17-16(18)15-11(3)12(4)21-13(15)5/h6-8H,1-5H3,(H,17,18). The Morgan fingerprint density at radius 2 is 1.68 bits per heavy atom. The molecule has 5 nitrogen and oxygen atoms in total. The van der Waals surface area contributed by atoms with E-state index in [4.69, 9.17) is 4.42 Å². The molecule has 118 valence electrons. The Labute approximate surface area is 130 Å². The van der Waals surface area contributed by atoms with Crippen LogP contribution in [0.3, 0.4) is 0 Å². The molecule has 6 heteroatoms. The first-order valence-electron chi connectivity index (χ1n) is 6.84. The first-order valence-corrected chi connectivity index (χ1v) is 8.33. The molecule has 0 saturated carbocycles. The molecule has 1 amide bonds. The summed E-state index contributed by atoms with van der Waals surface area (Å²) in [5.74, 6) is 0.336. The van der Waals surface area contributed by atoms with E-state index in [-0.39, 0.29) is 10.5 Å². The number of rotatable bonds is 3. The zero-order chi connectivity index (χ0) is 16.7. The van der Waals surface area contributed by atoms with Crippen molar-refractivity contribution in [2.24, 2.45) is 0 Å². The third-order valence-electron chi connectivity index (χ3n) is 3.65. The van der Waals surface area contributed by atoms with Gasteiger partial charge in [-0.1, -0.05) is 12.1 Å². The average Bonchev–Trinajstić information content (AvgIpc) is 2.65. The molecule has 0 aliphatic carbocycles. The predicted molar refractivity (Wildman–Crippen MR) is 83.5 cm³/mol. The number of amides is 1. The van der Waals surface area contributed by atoms with Gasteiger partial charge in [-0.25, -0.2) is 13.1 Å². The van der Waals surface area contributed by atoms with Gasteiger partial charge in [-0.15, -0.1) is 0 Å². The molecule has 1 aromatic heterocycles. The third-order valence-corrected chi connectivity index (χ3v) is 5.12. The Morgan fingerprint density at radius 1 is 1.05 bits per heavy atom. The molecule has 0 unspecified atom stereocenters. The fourth-order valence-electron chi connectivity index (χ4n) is 2.35. The highest BCUT2D eigenvalue weighted by Crippen LogP contribution is 2.22. The van der Waals surface area contributed by atoms with Gasteiger partial charge in [-0.3, -0.25) is 4.79 Å². The Hall–Kier alpha value is -2.08. The van der Waals surface area contributed by atoms with Crippen LogP contribution >= 0.6 is 0 Å². The maximum absolute atomic E-state index is 12.5. The lowest BCUT2D eigenvalue weighted by atomic mass is 10.1. The molecule has 0 fully saturated rings. The maximum atomic E-state index is 12.5. The van der Waals surface area contributed by atoms with E-state index < -0.39 is 15.9 Å². The van der Waals surface area contributed by atoms with Crippen molar-refractivity contribution in [3.63, 3.8) is 0 Å². The van der Waals surface area contributed by atoms with Crippen molar-refractivity contribution in [2.75, 3.05) is 0 Å². The molecule has 0 saturated heterocycles. The number of aryl methyl sites for hydroxylation is 4. The lowest BCUT2D eigenvalue weighted by Crippen LogP contribution is -2.31. The van der Waals surface area contributed by atoms with E-state index in [1.165, 1.54) is 0 Å². The van der Waals surface area contributed by atoms with Crippen LogP contribution in [0.2, 0.25) is 0 Å². The average molecular weight is 321 g/mol. The number of hydrogen-bond acceptors (Lipinski definition) is 4. The molecule has 1 aromatic carbocycles. The second kappa shape index (κ2) is 5.61. The molecule has 0 atom stereocenters. The van der Waals surface area contributed by atoms with Crippen LogP contribution in [-0.2, 0) is 10.0 Å². The zero-order valence-electron chi connectivity index (χ0n) is 13.3. The van der Waals surface area contributed by atoms with Gasteiger partial charge in [0.1, 0.15) is 11.5 Å². The molecule has 22 heavy (non-hydrogen) atoms. The van der Waals surface area contributed by atoms with Crippen LogP contribution in [0.25, 0.3) is 0 Å². The molecule has 0 radical (unpaired) electrons. The molecule has 2 rings (SSSR count). The highest BCUT2D eigenvalue weighted by atomic mass is 32.2. The summed E-state index contributed by atoms with van der Waals surface area (Å²) >= 11 is 0. The Kier molecular flexibility index (Phi) is 4.15. The summed E-state index contributed by atoms with van der Waals surface area (Å²) in [6, 6.07) is 5.09. The van der Waals surface area contributed by atoms with Crippen molar-refractivity contribution in [1.29, 1.82) is 0 Å². The summed E-state index contributed by atoms with van der Waals surface area (Å²) in [4.78, 5) is 12.4. The van der Waals surface area contributed by atoms with Gasteiger partial charge in [0.2, 0.25) is 0 Å². The van der Waals surface area contributed by atoms with Crippen molar-refractivity contribution in [2.45, 2.75) is 39.5 Å². The van der Waals surface area contributed by atoms with Crippen LogP contribution in [0.5, 0.6) is 0 Å². The molecule has 0 aliphatic heterocycles. The minimum Gasteiger partial charge on any atom is -0.466 e. The number of benzene rings is 1. The van der Waals surface area contributed by atoms with E-state index in [1.807, 2.05) is 6.07 Å². The molecule has 0 spiro atoms. The Morgan fingerprint density at radius 3 is 2.23 bits per heavy atom. The minimum absolute atomic E-state index is 0.108. The largest absolute Gasteiger partial charge is 0.466 e. The minimum atomic E-state index is -3.93. The Balaban J connectivity index is 2.40. The van der Waals surface area contributed by atoms with E-state index in [2.05, 4.69) is 4.72 Å². The second-order valence-electron chi connectivity index (χ2n) is 5.42. The molecule has 1 heterocycles. The smallest absolute Gasteiger partial charge is 0.268 e. The lowest BCUT2D eigenvalue weighted by Gasteiger charge is -2.10. The van der Waals surface area contributed by atoms with Crippen LogP contribution in [0.4, 0.5) is 0 Å². The number of sulfonamides is 1. The molecular formula is C16H19NO4S. The first-order chi connectivity index (χ1) is 10.1. The summed E-state index contributed by atoms with van der Waals surface area (Å²) in [5, 5.41) is 0. The number of carbonyl (C=O) groups is 1.